The SMILES string of the molecule is CN(c1ncnc2ccsc12)C1CCCN(c2cccnn2)C1. The number of likely N-dealkylation sites (N-methyl/N-ethyl adjacent to an activating group) is 1. The summed E-state index contributed by atoms with van der Waals surface area (Å²) in [5, 5.41) is 10.3. The van der Waals surface area contributed by atoms with Gasteiger partial charge in [0.2, 0.25) is 0 Å². The van der Waals surface area contributed by atoms with Gasteiger partial charge in [0.1, 0.15) is 12.1 Å². The van der Waals surface area contributed by atoms with Crippen LogP contribution in [-0.2, 0) is 0 Å². The average molecular weight is 326 g/mol. The summed E-state index contributed by atoms with van der Waals surface area (Å²) in [6.07, 6.45) is 5.67. The molecule has 23 heavy (non-hydrogen) atoms. The number of anilines is 2. The third kappa shape index (κ3) is 2.72. The zero-order valence-electron chi connectivity index (χ0n) is 13.0. The third-order valence-corrected chi connectivity index (χ3v) is 5.28. The monoisotopic (exact) mass is 326 g/mol. The standard InChI is InChI=1S/C16H18N6S/c1-21(16-15-13(6-9-23-15)17-11-18-16)12-4-3-8-22(10-12)14-5-2-7-19-20-14/h2,5-7,9,11-12H,3-4,8,10H2,1H3. The molecule has 1 atom stereocenters. The number of rotatable bonds is 3. The maximum atomic E-state index is 4.53. The van der Waals surface area contributed by atoms with E-state index in [-0.39, 0.29) is 0 Å². The van der Waals surface area contributed by atoms with Crippen molar-refractivity contribution in [1.82, 2.24) is 20.2 Å². The highest BCUT2D eigenvalue weighted by atomic mass is 32.1. The van der Waals surface area contributed by atoms with Gasteiger partial charge in [-0.25, -0.2) is 9.97 Å². The van der Waals surface area contributed by atoms with Gasteiger partial charge in [0.25, 0.3) is 0 Å². The highest BCUT2D eigenvalue weighted by Crippen LogP contribution is 2.30. The largest absolute Gasteiger partial charge is 0.354 e. The van der Waals surface area contributed by atoms with Crippen LogP contribution in [0, 0.1) is 0 Å². The van der Waals surface area contributed by atoms with Crippen molar-refractivity contribution in [3.05, 3.63) is 36.1 Å². The maximum Gasteiger partial charge on any atom is 0.151 e. The summed E-state index contributed by atoms with van der Waals surface area (Å²) in [5.41, 5.74) is 1.02. The summed E-state index contributed by atoms with van der Waals surface area (Å²) >= 11 is 1.70. The first-order valence-corrected chi connectivity index (χ1v) is 8.64. The lowest BCUT2D eigenvalue weighted by Crippen LogP contribution is -2.47. The highest BCUT2D eigenvalue weighted by molar-refractivity contribution is 7.17. The summed E-state index contributed by atoms with van der Waals surface area (Å²) in [7, 11) is 2.13. The summed E-state index contributed by atoms with van der Waals surface area (Å²) in [6, 6.07) is 6.42. The second-order valence-corrected chi connectivity index (χ2v) is 6.68. The van der Waals surface area contributed by atoms with E-state index in [0.717, 1.165) is 47.8 Å². The molecular formula is C16H18N6S. The number of hydrogen-bond acceptors (Lipinski definition) is 7. The summed E-state index contributed by atoms with van der Waals surface area (Å²) in [4.78, 5) is 13.5. The molecule has 3 aromatic heterocycles. The molecule has 3 aromatic rings. The lowest BCUT2D eigenvalue weighted by atomic mass is 10.0. The van der Waals surface area contributed by atoms with Crippen molar-refractivity contribution >= 4 is 33.2 Å². The van der Waals surface area contributed by atoms with Crippen molar-refractivity contribution in [3.8, 4) is 0 Å². The topological polar surface area (TPSA) is 58.0 Å². The Balaban J connectivity index is 1.59. The van der Waals surface area contributed by atoms with E-state index < -0.39 is 0 Å². The minimum atomic E-state index is 0.408. The molecule has 0 saturated carbocycles. The Bertz CT molecular complexity index is 789. The van der Waals surface area contributed by atoms with E-state index in [1.54, 1.807) is 23.9 Å². The van der Waals surface area contributed by atoms with E-state index in [1.807, 2.05) is 18.2 Å². The summed E-state index contributed by atoms with van der Waals surface area (Å²) in [6.45, 7) is 1.97. The number of hydrogen-bond donors (Lipinski definition) is 0. The molecule has 4 rings (SSSR count). The first kappa shape index (κ1) is 14.3. The fourth-order valence-corrected chi connectivity index (χ4v) is 4.02. The Morgan fingerprint density at radius 3 is 3.13 bits per heavy atom. The Morgan fingerprint density at radius 1 is 1.30 bits per heavy atom. The zero-order chi connectivity index (χ0) is 15.6. The second kappa shape index (κ2) is 6.08. The first-order valence-electron chi connectivity index (χ1n) is 7.76. The van der Waals surface area contributed by atoms with Gasteiger partial charge in [-0.2, -0.15) is 5.10 Å². The average Bonchev–Trinajstić information content (AvgIpc) is 3.11. The van der Waals surface area contributed by atoms with Gasteiger partial charge < -0.3 is 9.80 Å². The minimum absolute atomic E-state index is 0.408. The van der Waals surface area contributed by atoms with Crippen molar-refractivity contribution < 1.29 is 0 Å². The van der Waals surface area contributed by atoms with Crippen LogP contribution < -0.4 is 9.80 Å². The van der Waals surface area contributed by atoms with E-state index in [4.69, 9.17) is 0 Å². The predicted octanol–water partition coefficient (Wildman–Crippen LogP) is 2.59. The van der Waals surface area contributed by atoms with Crippen LogP contribution in [0.5, 0.6) is 0 Å². The molecule has 0 N–H and O–H groups in total. The van der Waals surface area contributed by atoms with Crippen molar-refractivity contribution in [2.45, 2.75) is 18.9 Å². The van der Waals surface area contributed by atoms with E-state index in [1.165, 1.54) is 0 Å². The van der Waals surface area contributed by atoms with Crippen LogP contribution in [0.4, 0.5) is 11.6 Å². The number of piperidine rings is 1. The molecule has 0 spiro atoms. The van der Waals surface area contributed by atoms with Crippen LogP contribution in [0.25, 0.3) is 10.2 Å². The molecule has 1 fully saturated rings. The van der Waals surface area contributed by atoms with Crippen molar-refractivity contribution in [1.29, 1.82) is 0 Å². The summed E-state index contributed by atoms with van der Waals surface area (Å²) < 4.78 is 1.16. The molecule has 0 bridgehead atoms. The normalized spacial score (nSPS) is 18.3. The minimum Gasteiger partial charge on any atom is -0.354 e. The van der Waals surface area contributed by atoms with Crippen LogP contribution in [0.3, 0.4) is 0 Å². The van der Waals surface area contributed by atoms with Gasteiger partial charge in [0.05, 0.1) is 10.2 Å². The molecule has 1 aliphatic rings. The fourth-order valence-electron chi connectivity index (χ4n) is 3.14. The molecule has 118 valence electrons. The second-order valence-electron chi connectivity index (χ2n) is 5.77. The van der Waals surface area contributed by atoms with Crippen LogP contribution >= 0.6 is 11.3 Å². The zero-order valence-corrected chi connectivity index (χ0v) is 13.8. The van der Waals surface area contributed by atoms with Crippen molar-refractivity contribution in [2.75, 3.05) is 29.9 Å². The molecule has 0 radical (unpaired) electrons. The number of thiophene rings is 1. The third-order valence-electron chi connectivity index (χ3n) is 4.38. The fraction of sp³-hybridized carbons (Fsp3) is 0.375. The Labute approximate surface area is 138 Å². The Morgan fingerprint density at radius 2 is 2.26 bits per heavy atom. The first-order chi connectivity index (χ1) is 11.3. The van der Waals surface area contributed by atoms with Crippen LogP contribution in [0.1, 0.15) is 12.8 Å². The molecule has 0 aliphatic carbocycles. The number of nitrogens with zero attached hydrogens (tertiary/aromatic N) is 6. The predicted molar refractivity (Wildman–Crippen MR) is 93.1 cm³/mol. The molecule has 1 unspecified atom stereocenters. The van der Waals surface area contributed by atoms with E-state index >= 15 is 0 Å². The highest BCUT2D eigenvalue weighted by Gasteiger charge is 2.26. The van der Waals surface area contributed by atoms with Gasteiger partial charge in [-0.05, 0) is 36.4 Å². The van der Waals surface area contributed by atoms with Crippen molar-refractivity contribution in [3.63, 3.8) is 0 Å². The Hall–Kier alpha value is -2.28. The smallest absolute Gasteiger partial charge is 0.151 e. The van der Waals surface area contributed by atoms with E-state index in [0.29, 0.717) is 6.04 Å². The quantitative estimate of drug-likeness (QED) is 0.737. The van der Waals surface area contributed by atoms with Gasteiger partial charge in [-0.1, -0.05) is 0 Å². The summed E-state index contributed by atoms with van der Waals surface area (Å²) in [5.74, 6) is 1.98. The Kier molecular flexibility index (Phi) is 3.78. The van der Waals surface area contributed by atoms with Crippen LogP contribution in [0.2, 0.25) is 0 Å². The van der Waals surface area contributed by atoms with E-state index in [2.05, 4.69) is 42.4 Å². The molecule has 7 heteroatoms. The molecule has 4 heterocycles. The number of fused-ring (bicyclic) bond motifs is 1. The maximum absolute atomic E-state index is 4.53. The molecule has 0 amide bonds. The molecule has 0 aromatic carbocycles. The molecule has 1 saturated heterocycles. The molecule has 1 aliphatic heterocycles. The van der Waals surface area contributed by atoms with Crippen LogP contribution in [0.15, 0.2) is 36.1 Å². The van der Waals surface area contributed by atoms with Gasteiger partial charge in [-0.3, -0.25) is 0 Å². The van der Waals surface area contributed by atoms with E-state index in [9.17, 15) is 0 Å². The van der Waals surface area contributed by atoms with Crippen molar-refractivity contribution in [2.24, 2.45) is 0 Å². The van der Waals surface area contributed by atoms with Gasteiger partial charge >= 0.3 is 0 Å². The lowest BCUT2D eigenvalue weighted by Gasteiger charge is -2.38. The van der Waals surface area contributed by atoms with Gasteiger partial charge in [0, 0.05) is 32.4 Å². The molecular weight excluding hydrogens is 308 g/mol. The van der Waals surface area contributed by atoms with Crippen LogP contribution in [-0.4, -0.2) is 46.3 Å². The molecule has 6 nitrogen and oxygen atoms in total. The van der Waals surface area contributed by atoms with Gasteiger partial charge in [-0.15, -0.1) is 16.4 Å². The number of aromatic nitrogens is 4. The lowest BCUT2D eigenvalue weighted by molar-refractivity contribution is 0.483. The van der Waals surface area contributed by atoms with Gasteiger partial charge in [0.15, 0.2) is 5.82 Å².